The molecular weight excluding hydrogens is 422 g/mol. The molecule has 0 saturated carbocycles. The van der Waals surface area contributed by atoms with Crippen molar-refractivity contribution in [2.24, 2.45) is 0 Å². The van der Waals surface area contributed by atoms with E-state index in [1.807, 2.05) is 16.8 Å². The first-order valence-corrected chi connectivity index (χ1v) is 10.5. The predicted octanol–water partition coefficient (Wildman–Crippen LogP) is 3.84. The Kier molecular flexibility index (Phi) is 5.04. The summed E-state index contributed by atoms with van der Waals surface area (Å²) < 4.78 is 33.1. The largest absolute Gasteiger partial charge is 0.458 e. The number of halogens is 1. The molecule has 0 radical (unpaired) electrons. The zero-order chi connectivity index (χ0) is 16.4. The second-order valence-corrected chi connectivity index (χ2v) is 9.88. The van der Waals surface area contributed by atoms with Gasteiger partial charge in [0.05, 0.1) is 3.79 Å². The highest BCUT2D eigenvalue weighted by Gasteiger charge is 2.20. The van der Waals surface area contributed by atoms with Crippen molar-refractivity contribution < 1.29 is 17.9 Å². The molecule has 122 valence electrons. The molecule has 0 aromatic carbocycles. The third-order valence-corrected chi connectivity index (χ3v) is 7.26. The minimum atomic E-state index is -3.64. The van der Waals surface area contributed by atoms with E-state index in [0.29, 0.717) is 11.5 Å². The van der Waals surface area contributed by atoms with Gasteiger partial charge < -0.3 is 9.52 Å². The smallest absolute Gasteiger partial charge is 0.250 e. The molecule has 0 spiro atoms. The Morgan fingerprint density at radius 2 is 2.09 bits per heavy atom. The second kappa shape index (κ2) is 6.88. The van der Waals surface area contributed by atoms with Crippen molar-refractivity contribution in [2.75, 3.05) is 6.54 Å². The maximum absolute atomic E-state index is 12.1. The van der Waals surface area contributed by atoms with Crippen LogP contribution in [0.4, 0.5) is 0 Å². The Hall–Kier alpha value is -0.970. The molecule has 2 N–H and O–H groups in total. The molecule has 0 aliphatic rings. The molecule has 3 aromatic rings. The number of aliphatic hydroxyl groups excluding tert-OH is 1. The molecule has 3 rings (SSSR count). The van der Waals surface area contributed by atoms with Crippen molar-refractivity contribution >= 4 is 48.6 Å². The van der Waals surface area contributed by atoms with Gasteiger partial charge in [-0.3, -0.25) is 0 Å². The summed E-state index contributed by atoms with van der Waals surface area (Å²) in [5.74, 6) is 0.964. The highest BCUT2D eigenvalue weighted by atomic mass is 79.9. The topological polar surface area (TPSA) is 79.5 Å². The minimum absolute atomic E-state index is 0.158. The van der Waals surface area contributed by atoms with Gasteiger partial charge in [0.15, 0.2) is 0 Å². The number of furan rings is 1. The van der Waals surface area contributed by atoms with Crippen LogP contribution in [0.15, 0.2) is 53.5 Å². The molecule has 0 fully saturated rings. The van der Waals surface area contributed by atoms with Gasteiger partial charge in [0.1, 0.15) is 21.8 Å². The molecule has 1 atom stereocenters. The van der Waals surface area contributed by atoms with Gasteiger partial charge in [0, 0.05) is 17.5 Å². The zero-order valence-corrected chi connectivity index (χ0v) is 15.6. The molecule has 0 aliphatic carbocycles. The van der Waals surface area contributed by atoms with Crippen LogP contribution in [0.3, 0.4) is 0 Å². The standard InChI is InChI=1S/C14H12BrNO4S3/c15-13-3-4-14(22-13)23(18,19)16-7-10(17)12-2-1-11(20-12)9-5-6-21-8-9/h1-6,8,10,16-17H,7H2/t10-/m1/s1. The highest BCUT2D eigenvalue weighted by Crippen LogP contribution is 2.28. The number of hydrogen-bond acceptors (Lipinski definition) is 6. The molecule has 3 aromatic heterocycles. The summed E-state index contributed by atoms with van der Waals surface area (Å²) in [5, 5.41) is 14.0. The number of thiophene rings is 2. The molecule has 0 amide bonds. The van der Waals surface area contributed by atoms with Crippen molar-refractivity contribution in [1.82, 2.24) is 4.72 Å². The fraction of sp³-hybridized carbons (Fsp3) is 0.143. The van der Waals surface area contributed by atoms with Crippen LogP contribution in [-0.2, 0) is 10.0 Å². The lowest BCUT2D eigenvalue weighted by atomic mass is 10.2. The Bertz CT molecular complexity index is 883. The number of sulfonamides is 1. The van der Waals surface area contributed by atoms with Crippen molar-refractivity contribution in [2.45, 2.75) is 10.3 Å². The summed E-state index contributed by atoms with van der Waals surface area (Å²) in [7, 11) is -3.64. The quantitative estimate of drug-likeness (QED) is 0.618. The van der Waals surface area contributed by atoms with Crippen LogP contribution >= 0.6 is 38.6 Å². The first kappa shape index (κ1) is 16.9. The van der Waals surface area contributed by atoms with Gasteiger partial charge in [0.2, 0.25) is 10.0 Å². The van der Waals surface area contributed by atoms with Crippen molar-refractivity contribution in [3.8, 4) is 11.3 Å². The van der Waals surface area contributed by atoms with Crippen LogP contribution in [0, 0.1) is 0 Å². The zero-order valence-electron chi connectivity index (χ0n) is 11.6. The highest BCUT2D eigenvalue weighted by molar-refractivity contribution is 9.11. The van der Waals surface area contributed by atoms with Gasteiger partial charge >= 0.3 is 0 Å². The molecule has 3 heterocycles. The fourth-order valence-electron chi connectivity index (χ4n) is 1.89. The molecule has 9 heteroatoms. The van der Waals surface area contributed by atoms with E-state index in [-0.39, 0.29) is 10.8 Å². The average molecular weight is 434 g/mol. The number of rotatable bonds is 6. The van der Waals surface area contributed by atoms with Gasteiger partial charge in [-0.25, -0.2) is 13.1 Å². The molecule has 0 saturated heterocycles. The lowest BCUT2D eigenvalue weighted by Gasteiger charge is -2.09. The molecule has 0 bridgehead atoms. The summed E-state index contributed by atoms with van der Waals surface area (Å²) in [4.78, 5) is 0. The summed E-state index contributed by atoms with van der Waals surface area (Å²) in [6.07, 6.45) is -1.06. The van der Waals surface area contributed by atoms with Crippen LogP contribution < -0.4 is 4.72 Å². The van der Waals surface area contributed by atoms with E-state index in [1.54, 1.807) is 29.5 Å². The SMILES string of the molecule is O=S(=O)(NC[C@@H](O)c1ccc(-c2ccsc2)o1)c1ccc(Br)s1. The van der Waals surface area contributed by atoms with Crippen molar-refractivity contribution in [3.63, 3.8) is 0 Å². The molecular formula is C14H12BrNO4S3. The lowest BCUT2D eigenvalue weighted by Crippen LogP contribution is -2.27. The van der Waals surface area contributed by atoms with E-state index >= 15 is 0 Å². The van der Waals surface area contributed by atoms with E-state index < -0.39 is 16.1 Å². The maximum atomic E-state index is 12.1. The maximum Gasteiger partial charge on any atom is 0.250 e. The Labute approximate surface area is 149 Å². The Morgan fingerprint density at radius 3 is 2.74 bits per heavy atom. The van der Waals surface area contributed by atoms with Crippen LogP contribution in [0.5, 0.6) is 0 Å². The van der Waals surface area contributed by atoms with E-state index in [2.05, 4.69) is 20.7 Å². The summed E-state index contributed by atoms with van der Waals surface area (Å²) in [6.45, 7) is -0.158. The first-order chi connectivity index (χ1) is 11.0. The third-order valence-electron chi connectivity index (χ3n) is 3.04. The van der Waals surface area contributed by atoms with E-state index in [4.69, 9.17) is 4.42 Å². The first-order valence-electron chi connectivity index (χ1n) is 6.51. The second-order valence-electron chi connectivity index (χ2n) is 4.64. The lowest BCUT2D eigenvalue weighted by molar-refractivity contribution is 0.155. The Balaban J connectivity index is 1.67. The normalized spacial score (nSPS) is 13.3. The minimum Gasteiger partial charge on any atom is -0.458 e. The number of aliphatic hydroxyl groups is 1. The van der Waals surface area contributed by atoms with E-state index in [1.165, 1.54) is 6.07 Å². The van der Waals surface area contributed by atoms with E-state index in [9.17, 15) is 13.5 Å². The van der Waals surface area contributed by atoms with Gasteiger partial charge in [-0.15, -0.1) is 11.3 Å². The third kappa shape index (κ3) is 3.93. The van der Waals surface area contributed by atoms with Crippen LogP contribution in [0.2, 0.25) is 0 Å². The molecule has 0 unspecified atom stereocenters. The average Bonchev–Trinajstić information content (AvgIpc) is 3.24. The summed E-state index contributed by atoms with van der Waals surface area (Å²) >= 11 is 5.88. The fourth-order valence-corrected chi connectivity index (χ4v) is 5.63. The van der Waals surface area contributed by atoms with Crippen LogP contribution in [0.1, 0.15) is 11.9 Å². The molecule has 23 heavy (non-hydrogen) atoms. The van der Waals surface area contributed by atoms with Crippen LogP contribution in [0.25, 0.3) is 11.3 Å². The van der Waals surface area contributed by atoms with Gasteiger partial charge in [-0.2, -0.15) is 11.3 Å². The monoisotopic (exact) mass is 433 g/mol. The Morgan fingerprint density at radius 1 is 1.26 bits per heavy atom. The summed E-state index contributed by atoms with van der Waals surface area (Å²) in [5.41, 5.74) is 0.928. The van der Waals surface area contributed by atoms with Crippen molar-refractivity contribution in [3.05, 3.63) is 50.6 Å². The molecule has 5 nitrogen and oxygen atoms in total. The van der Waals surface area contributed by atoms with Gasteiger partial charge in [0.25, 0.3) is 0 Å². The number of nitrogens with one attached hydrogen (secondary N) is 1. The van der Waals surface area contributed by atoms with E-state index in [0.717, 1.165) is 20.7 Å². The van der Waals surface area contributed by atoms with Crippen LogP contribution in [-0.4, -0.2) is 20.1 Å². The van der Waals surface area contributed by atoms with Gasteiger partial charge in [-0.05, 0) is 51.6 Å². The van der Waals surface area contributed by atoms with Crippen molar-refractivity contribution in [1.29, 1.82) is 0 Å². The number of hydrogen-bond donors (Lipinski definition) is 2. The van der Waals surface area contributed by atoms with Gasteiger partial charge in [-0.1, -0.05) is 0 Å². The predicted molar refractivity (Wildman–Crippen MR) is 94.2 cm³/mol. The molecule has 0 aliphatic heterocycles. The summed E-state index contributed by atoms with van der Waals surface area (Å²) in [6, 6.07) is 8.48.